The summed E-state index contributed by atoms with van der Waals surface area (Å²) in [6, 6.07) is 0. The van der Waals surface area contributed by atoms with Crippen molar-refractivity contribution in [3.05, 3.63) is 0 Å². The van der Waals surface area contributed by atoms with Crippen LogP contribution in [0.3, 0.4) is 0 Å². The molecule has 0 unspecified atom stereocenters. The summed E-state index contributed by atoms with van der Waals surface area (Å²) in [5.41, 5.74) is 5.31. The van der Waals surface area contributed by atoms with Crippen molar-refractivity contribution in [3.8, 4) is 0 Å². The van der Waals surface area contributed by atoms with Crippen LogP contribution in [0, 0.1) is 11.8 Å². The van der Waals surface area contributed by atoms with Crippen molar-refractivity contribution in [1.29, 1.82) is 0 Å². The molecule has 0 spiro atoms. The van der Waals surface area contributed by atoms with E-state index in [1.807, 2.05) is 0 Å². The summed E-state index contributed by atoms with van der Waals surface area (Å²) in [7, 11) is 0. The molecule has 0 aromatic heterocycles. The molecular weight excluding hydrogens is 418 g/mol. The summed E-state index contributed by atoms with van der Waals surface area (Å²) in [5, 5.41) is 0.262. The normalized spacial score (nSPS) is 22.8. The summed E-state index contributed by atoms with van der Waals surface area (Å²) >= 11 is 1.76. The number of hydrogen-bond donors (Lipinski definition) is 1. The van der Waals surface area contributed by atoms with E-state index in [0.29, 0.717) is 71.5 Å². The van der Waals surface area contributed by atoms with E-state index in [1.54, 1.807) is 11.8 Å². The van der Waals surface area contributed by atoms with Crippen LogP contribution >= 0.6 is 11.8 Å². The number of rotatable bonds is 18. The first kappa shape index (κ1) is 26.2. The first-order chi connectivity index (χ1) is 15.0. The summed E-state index contributed by atoms with van der Waals surface area (Å²) in [5.74, 6) is 1.36. The highest BCUT2D eigenvalue weighted by atomic mass is 32.2. The van der Waals surface area contributed by atoms with Crippen molar-refractivity contribution in [3.63, 3.8) is 0 Å². The molecule has 0 radical (unpaired) electrons. The second kappa shape index (κ2) is 14.9. The Balaban J connectivity index is 1.39. The highest BCUT2D eigenvalue weighted by molar-refractivity contribution is 8.00. The fourth-order valence-electron chi connectivity index (χ4n) is 4.24. The highest BCUT2D eigenvalue weighted by Crippen LogP contribution is 2.45. The summed E-state index contributed by atoms with van der Waals surface area (Å²) in [6.07, 6.45) is 6.22. The molecule has 1 saturated carbocycles. The van der Waals surface area contributed by atoms with E-state index in [4.69, 9.17) is 15.2 Å². The lowest BCUT2D eigenvalue weighted by atomic mass is 9.91. The van der Waals surface area contributed by atoms with E-state index in [9.17, 15) is 19.2 Å². The fourth-order valence-corrected chi connectivity index (χ4v) is 5.97. The van der Waals surface area contributed by atoms with Crippen LogP contribution in [-0.2, 0) is 28.7 Å². The van der Waals surface area contributed by atoms with Crippen LogP contribution in [0.25, 0.3) is 0 Å². The minimum absolute atomic E-state index is 0.0439. The SMILES string of the molecule is NCCOCCC(=O)CCCOCCCC(=O)CCCC[C@@H]1SC[C@@H]2C(=O)CC(=O)[C@H]12. The van der Waals surface area contributed by atoms with Crippen molar-refractivity contribution < 1.29 is 28.7 Å². The molecule has 2 fully saturated rings. The largest absolute Gasteiger partial charge is 0.381 e. The number of Topliss-reactive ketones (excluding diaryl/α,β-unsaturated/α-hetero) is 4. The van der Waals surface area contributed by atoms with Crippen LogP contribution in [-0.4, -0.2) is 67.1 Å². The van der Waals surface area contributed by atoms with E-state index in [2.05, 4.69) is 0 Å². The lowest BCUT2D eigenvalue weighted by Gasteiger charge is -2.15. The van der Waals surface area contributed by atoms with Crippen LogP contribution < -0.4 is 5.73 Å². The molecule has 3 atom stereocenters. The Morgan fingerprint density at radius 1 is 0.839 bits per heavy atom. The Morgan fingerprint density at radius 3 is 2.19 bits per heavy atom. The van der Waals surface area contributed by atoms with Crippen molar-refractivity contribution in [1.82, 2.24) is 0 Å². The molecule has 2 rings (SSSR count). The summed E-state index contributed by atoms with van der Waals surface area (Å²) in [4.78, 5) is 47.4. The molecule has 0 bridgehead atoms. The molecule has 176 valence electrons. The molecule has 31 heavy (non-hydrogen) atoms. The maximum Gasteiger partial charge on any atom is 0.145 e. The third-order valence-corrected chi connectivity index (χ3v) is 7.44. The average molecular weight is 456 g/mol. The number of ether oxygens (including phenoxy) is 2. The van der Waals surface area contributed by atoms with E-state index in [-0.39, 0.29) is 46.6 Å². The maximum absolute atomic E-state index is 12.0. The van der Waals surface area contributed by atoms with E-state index >= 15 is 0 Å². The van der Waals surface area contributed by atoms with Gasteiger partial charge < -0.3 is 15.2 Å². The monoisotopic (exact) mass is 455 g/mol. The zero-order valence-corrected chi connectivity index (χ0v) is 19.3. The number of ketones is 4. The Bertz CT molecular complexity index is 611. The van der Waals surface area contributed by atoms with Crippen LogP contribution in [0.15, 0.2) is 0 Å². The molecule has 1 aliphatic carbocycles. The molecule has 8 heteroatoms. The van der Waals surface area contributed by atoms with E-state index < -0.39 is 0 Å². The number of thioether (sulfide) groups is 1. The van der Waals surface area contributed by atoms with Gasteiger partial charge in [0, 0.05) is 68.3 Å². The molecule has 2 N–H and O–H groups in total. The van der Waals surface area contributed by atoms with Gasteiger partial charge in [0.25, 0.3) is 0 Å². The average Bonchev–Trinajstić information content (AvgIpc) is 3.29. The number of unbranched alkanes of at least 4 members (excludes halogenated alkanes) is 1. The number of fused-ring (bicyclic) bond motifs is 1. The molecule has 2 aliphatic rings. The van der Waals surface area contributed by atoms with Crippen molar-refractivity contribution in [2.75, 3.05) is 38.7 Å². The van der Waals surface area contributed by atoms with Gasteiger partial charge in [-0.3, -0.25) is 19.2 Å². The molecule has 7 nitrogen and oxygen atoms in total. The Hall–Kier alpha value is -1.09. The van der Waals surface area contributed by atoms with Gasteiger partial charge in [-0.2, -0.15) is 11.8 Å². The third kappa shape index (κ3) is 9.51. The van der Waals surface area contributed by atoms with Crippen molar-refractivity contribution >= 4 is 34.9 Å². The predicted octanol–water partition coefficient (Wildman–Crippen LogP) is 2.52. The standard InChI is InChI=1S/C23H37NO6S/c24-10-14-30-13-9-18(26)7-4-12-29-11-3-6-17(25)5-1-2-8-22-23-19(16-31-22)20(27)15-21(23)28/h19,22-23H,1-16,24H2/t19-,22+,23-/m1/s1. The van der Waals surface area contributed by atoms with Crippen molar-refractivity contribution in [2.45, 2.75) is 69.5 Å². The fraction of sp³-hybridized carbons (Fsp3) is 0.826. The zero-order valence-electron chi connectivity index (χ0n) is 18.5. The van der Waals surface area contributed by atoms with Gasteiger partial charge >= 0.3 is 0 Å². The van der Waals surface area contributed by atoms with Crippen LogP contribution in [0.5, 0.6) is 0 Å². The zero-order chi connectivity index (χ0) is 22.5. The van der Waals surface area contributed by atoms with Gasteiger partial charge in [0.15, 0.2) is 0 Å². The number of carbonyl (C=O) groups excluding carboxylic acids is 4. The van der Waals surface area contributed by atoms with Gasteiger partial charge in [-0.1, -0.05) is 6.42 Å². The van der Waals surface area contributed by atoms with E-state index in [1.165, 1.54) is 0 Å². The summed E-state index contributed by atoms with van der Waals surface area (Å²) in [6.45, 7) is 2.45. The van der Waals surface area contributed by atoms with Gasteiger partial charge in [-0.15, -0.1) is 0 Å². The lowest BCUT2D eigenvalue weighted by Crippen LogP contribution is -2.22. The van der Waals surface area contributed by atoms with Crippen LogP contribution in [0.4, 0.5) is 0 Å². The number of nitrogens with two attached hydrogens (primary N) is 1. The molecule has 1 aliphatic heterocycles. The first-order valence-corrected chi connectivity index (χ1v) is 12.6. The first-order valence-electron chi connectivity index (χ1n) is 11.6. The van der Waals surface area contributed by atoms with Gasteiger partial charge in [0.1, 0.15) is 23.1 Å². The number of hydrogen-bond acceptors (Lipinski definition) is 8. The smallest absolute Gasteiger partial charge is 0.145 e. The number of carbonyl (C=O) groups is 4. The van der Waals surface area contributed by atoms with E-state index in [0.717, 1.165) is 25.0 Å². The Morgan fingerprint density at radius 2 is 1.48 bits per heavy atom. The Labute approximate surface area is 189 Å². The topological polar surface area (TPSA) is 113 Å². The Kier molecular flexibility index (Phi) is 12.6. The molecular formula is C23H37NO6S. The minimum atomic E-state index is -0.0647. The molecule has 0 aromatic rings. The molecule has 1 saturated heterocycles. The van der Waals surface area contributed by atoms with Crippen molar-refractivity contribution in [2.24, 2.45) is 17.6 Å². The van der Waals surface area contributed by atoms with Gasteiger partial charge in [0.05, 0.1) is 19.6 Å². The van der Waals surface area contributed by atoms with Crippen LogP contribution in [0.2, 0.25) is 0 Å². The maximum atomic E-state index is 12.0. The predicted molar refractivity (Wildman–Crippen MR) is 120 cm³/mol. The summed E-state index contributed by atoms with van der Waals surface area (Å²) < 4.78 is 10.7. The molecule has 0 aromatic carbocycles. The van der Waals surface area contributed by atoms with Gasteiger partial charge in [-0.05, 0) is 25.7 Å². The second-order valence-electron chi connectivity index (χ2n) is 8.41. The second-order valence-corrected chi connectivity index (χ2v) is 9.68. The van der Waals surface area contributed by atoms with Gasteiger partial charge in [0.2, 0.25) is 0 Å². The third-order valence-electron chi connectivity index (χ3n) is 5.93. The van der Waals surface area contributed by atoms with Crippen LogP contribution in [0.1, 0.15) is 64.2 Å². The lowest BCUT2D eigenvalue weighted by molar-refractivity contribution is -0.123. The molecule has 0 amide bonds. The highest BCUT2D eigenvalue weighted by Gasteiger charge is 2.49. The minimum Gasteiger partial charge on any atom is -0.381 e. The van der Waals surface area contributed by atoms with Gasteiger partial charge in [-0.25, -0.2) is 0 Å². The quantitative estimate of drug-likeness (QED) is 0.248. The molecule has 1 heterocycles.